The summed E-state index contributed by atoms with van der Waals surface area (Å²) in [7, 11) is 3.08. The van der Waals surface area contributed by atoms with Crippen LogP contribution in [0.3, 0.4) is 0 Å². The smallest absolute Gasteiger partial charge is 0.255 e. The second-order valence-corrected chi connectivity index (χ2v) is 3.83. The van der Waals surface area contributed by atoms with Gasteiger partial charge in [0.25, 0.3) is 5.91 Å². The van der Waals surface area contributed by atoms with Crippen LogP contribution in [0.25, 0.3) is 0 Å². The summed E-state index contributed by atoms with van der Waals surface area (Å²) in [5.74, 6) is 0.900. The summed E-state index contributed by atoms with van der Waals surface area (Å²) in [6.45, 7) is 0.383. The van der Waals surface area contributed by atoms with Crippen LogP contribution in [-0.4, -0.2) is 30.1 Å². The third kappa shape index (κ3) is 3.04. The number of H-pyrrole nitrogens is 1. The van der Waals surface area contributed by atoms with E-state index in [-0.39, 0.29) is 5.91 Å². The van der Waals surface area contributed by atoms with Gasteiger partial charge in [0.2, 0.25) is 0 Å². The predicted octanol–water partition coefficient (Wildman–Crippen LogP) is 1.36. The number of imidazole rings is 1. The highest BCUT2D eigenvalue weighted by atomic mass is 16.5. The van der Waals surface area contributed by atoms with Gasteiger partial charge in [0, 0.05) is 12.3 Å². The van der Waals surface area contributed by atoms with Crippen molar-refractivity contribution in [2.24, 2.45) is 0 Å². The largest absolute Gasteiger partial charge is 0.497 e. The first-order valence-corrected chi connectivity index (χ1v) is 5.72. The molecule has 1 aromatic heterocycles. The van der Waals surface area contributed by atoms with Gasteiger partial charge in [-0.3, -0.25) is 4.79 Å². The molecule has 2 aromatic rings. The van der Waals surface area contributed by atoms with Crippen LogP contribution in [-0.2, 0) is 6.54 Å². The average Bonchev–Trinajstić information content (AvgIpc) is 2.97. The number of aromatic nitrogens is 2. The maximum Gasteiger partial charge on any atom is 0.255 e. The summed E-state index contributed by atoms with van der Waals surface area (Å²) >= 11 is 0. The Bertz CT molecular complexity index is 552. The molecule has 1 amide bonds. The lowest BCUT2D eigenvalue weighted by atomic mass is 10.1. The predicted molar refractivity (Wildman–Crippen MR) is 69.3 cm³/mol. The lowest BCUT2D eigenvalue weighted by Gasteiger charge is -2.10. The molecule has 0 aliphatic rings. The van der Waals surface area contributed by atoms with Gasteiger partial charge in [-0.15, -0.1) is 0 Å². The maximum absolute atomic E-state index is 12.1. The van der Waals surface area contributed by atoms with Gasteiger partial charge in [-0.05, 0) is 12.1 Å². The van der Waals surface area contributed by atoms with Crippen molar-refractivity contribution in [2.75, 3.05) is 14.2 Å². The first kappa shape index (κ1) is 12.9. The summed E-state index contributed by atoms with van der Waals surface area (Å²) in [6.07, 6.45) is 3.22. The first-order chi connectivity index (χ1) is 9.24. The summed E-state index contributed by atoms with van der Waals surface area (Å²) in [6, 6.07) is 5.05. The maximum atomic E-state index is 12.1. The minimum absolute atomic E-state index is 0.214. The topological polar surface area (TPSA) is 76.2 Å². The fourth-order valence-electron chi connectivity index (χ4n) is 1.64. The van der Waals surface area contributed by atoms with E-state index in [4.69, 9.17) is 9.47 Å². The number of hydrogen-bond acceptors (Lipinski definition) is 4. The molecule has 6 heteroatoms. The van der Waals surface area contributed by atoms with E-state index in [0.717, 1.165) is 5.69 Å². The van der Waals surface area contributed by atoms with E-state index in [2.05, 4.69) is 15.3 Å². The Kier molecular flexibility index (Phi) is 4.02. The van der Waals surface area contributed by atoms with Gasteiger partial charge in [0.1, 0.15) is 11.5 Å². The molecule has 1 heterocycles. The van der Waals surface area contributed by atoms with E-state index in [1.807, 2.05) is 0 Å². The van der Waals surface area contributed by atoms with E-state index in [9.17, 15) is 4.79 Å². The second-order valence-electron chi connectivity index (χ2n) is 3.83. The van der Waals surface area contributed by atoms with E-state index in [1.54, 1.807) is 37.8 Å². The molecule has 6 nitrogen and oxygen atoms in total. The molecule has 2 N–H and O–H groups in total. The van der Waals surface area contributed by atoms with Gasteiger partial charge in [0.15, 0.2) is 0 Å². The SMILES string of the molecule is COc1ccc(C(=O)NCc2cnc[nH]2)c(OC)c1. The standard InChI is InChI=1S/C13H15N3O3/c1-18-10-3-4-11(12(5-10)19-2)13(17)15-7-9-6-14-8-16-9/h3-6,8H,7H2,1-2H3,(H,14,16)(H,15,17). The Morgan fingerprint density at radius 1 is 1.37 bits per heavy atom. The zero-order valence-corrected chi connectivity index (χ0v) is 10.8. The fourth-order valence-corrected chi connectivity index (χ4v) is 1.64. The number of aromatic amines is 1. The van der Waals surface area contributed by atoms with E-state index < -0.39 is 0 Å². The molecule has 0 unspecified atom stereocenters. The van der Waals surface area contributed by atoms with Gasteiger partial charge >= 0.3 is 0 Å². The van der Waals surface area contributed by atoms with Crippen molar-refractivity contribution >= 4 is 5.91 Å². The molecule has 2 rings (SSSR count). The average molecular weight is 261 g/mol. The Hall–Kier alpha value is -2.50. The summed E-state index contributed by atoms with van der Waals surface area (Å²) in [5.41, 5.74) is 1.30. The number of ether oxygens (including phenoxy) is 2. The van der Waals surface area contributed by atoms with E-state index in [1.165, 1.54) is 7.11 Å². The van der Waals surface area contributed by atoms with E-state index in [0.29, 0.717) is 23.6 Å². The summed E-state index contributed by atoms with van der Waals surface area (Å²) in [4.78, 5) is 18.8. The number of carbonyl (C=O) groups excluding carboxylic acids is 1. The first-order valence-electron chi connectivity index (χ1n) is 5.72. The zero-order chi connectivity index (χ0) is 13.7. The van der Waals surface area contributed by atoms with Gasteiger partial charge in [0.05, 0.1) is 38.3 Å². The zero-order valence-electron chi connectivity index (χ0n) is 10.8. The van der Waals surface area contributed by atoms with Crippen LogP contribution in [0.15, 0.2) is 30.7 Å². The molecule has 0 saturated heterocycles. The lowest BCUT2D eigenvalue weighted by molar-refractivity contribution is 0.0947. The van der Waals surface area contributed by atoms with Gasteiger partial charge in [-0.2, -0.15) is 0 Å². The van der Waals surface area contributed by atoms with Crippen molar-refractivity contribution in [2.45, 2.75) is 6.54 Å². The van der Waals surface area contributed by atoms with Gasteiger partial charge in [-0.25, -0.2) is 4.98 Å². The molecule has 0 aliphatic carbocycles. The summed E-state index contributed by atoms with van der Waals surface area (Å²) in [5, 5.41) is 2.78. The highest BCUT2D eigenvalue weighted by Gasteiger charge is 2.13. The van der Waals surface area contributed by atoms with Gasteiger partial charge in [-0.1, -0.05) is 0 Å². The fraction of sp³-hybridized carbons (Fsp3) is 0.231. The number of methoxy groups -OCH3 is 2. The molecular weight excluding hydrogens is 246 g/mol. The summed E-state index contributed by atoms with van der Waals surface area (Å²) < 4.78 is 10.3. The third-order valence-corrected chi connectivity index (χ3v) is 2.65. The molecule has 0 bridgehead atoms. The Morgan fingerprint density at radius 3 is 2.84 bits per heavy atom. The van der Waals surface area contributed by atoms with Crippen LogP contribution in [0, 0.1) is 0 Å². The van der Waals surface area contributed by atoms with Crippen molar-refractivity contribution < 1.29 is 14.3 Å². The highest BCUT2D eigenvalue weighted by Crippen LogP contribution is 2.24. The minimum Gasteiger partial charge on any atom is -0.497 e. The number of benzene rings is 1. The van der Waals surface area contributed by atoms with E-state index >= 15 is 0 Å². The van der Waals surface area contributed by atoms with Crippen molar-refractivity contribution in [1.29, 1.82) is 0 Å². The number of nitrogens with zero attached hydrogens (tertiary/aromatic N) is 1. The van der Waals surface area contributed by atoms with Crippen LogP contribution in [0.5, 0.6) is 11.5 Å². The quantitative estimate of drug-likeness (QED) is 0.852. The lowest BCUT2D eigenvalue weighted by Crippen LogP contribution is -2.23. The molecule has 19 heavy (non-hydrogen) atoms. The molecule has 0 radical (unpaired) electrons. The molecular formula is C13H15N3O3. The minimum atomic E-state index is -0.214. The van der Waals surface area contributed by atoms with Crippen LogP contribution < -0.4 is 14.8 Å². The molecule has 0 spiro atoms. The van der Waals surface area contributed by atoms with Crippen LogP contribution in [0.2, 0.25) is 0 Å². The van der Waals surface area contributed by atoms with Crippen molar-refractivity contribution in [3.05, 3.63) is 42.0 Å². The molecule has 0 saturated carbocycles. The molecule has 0 aliphatic heterocycles. The molecule has 0 fully saturated rings. The second kappa shape index (κ2) is 5.90. The number of hydrogen-bond donors (Lipinski definition) is 2. The molecule has 1 aromatic carbocycles. The van der Waals surface area contributed by atoms with Crippen molar-refractivity contribution in [3.8, 4) is 11.5 Å². The number of rotatable bonds is 5. The Balaban J connectivity index is 2.09. The van der Waals surface area contributed by atoms with Crippen LogP contribution in [0.4, 0.5) is 0 Å². The monoisotopic (exact) mass is 261 g/mol. The highest BCUT2D eigenvalue weighted by molar-refractivity contribution is 5.97. The van der Waals surface area contributed by atoms with Crippen LogP contribution in [0.1, 0.15) is 16.1 Å². The Labute approximate surface area is 110 Å². The normalized spacial score (nSPS) is 10.0. The van der Waals surface area contributed by atoms with Crippen molar-refractivity contribution in [3.63, 3.8) is 0 Å². The third-order valence-electron chi connectivity index (χ3n) is 2.65. The molecule has 0 atom stereocenters. The number of amides is 1. The molecule has 100 valence electrons. The van der Waals surface area contributed by atoms with Crippen molar-refractivity contribution in [1.82, 2.24) is 15.3 Å². The Morgan fingerprint density at radius 2 is 2.21 bits per heavy atom. The number of carbonyl (C=O) groups is 1. The number of nitrogens with one attached hydrogen (secondary N) is 2. The van der Waals surface area contributed by atoms with Gasteiger partial charge < -0.3 is 19.8 Å². The van der Waals surface area contributed by atoms with Crippen LogP contribution >= 0.6 is 0 Å².